The maximum Gasteiger partial charge on any atom is 0.254 e. The first-order valence-electron chi connectivity index (χ1n) is 8.23. The molecule has 0 saturated carbocycles. The van der Waals surface area contributed by atoms with Gasteiger partial charge in [-0.25, -0.2) is 13.8 Å². The van der Waals surface area contributed by atoms with Crippen LogP contribution in [0.3, 0.4) is 0 Å². The number of halogens is 4. The lowest BCUT2D eigenvalue weighted by Crippen LogP contribution is -2.33. The smallest absolute Gasteiger partial charge is 0.254 e. The van der Waals surface area contributed by atoms with Gasteiger partial charge in [0.1, 0.15) is 11.6 Å². The first-order chi connectivity index (χ1) is 13.8. The number of hydrogen-bond acceptors (Lipinski definition) is 4. The zero-order valence-corrected chi connectivity index (χ0v) is 17.0. The summed E-state index contributed by atoms with van der Waals surface area (Å²) in [4.78, 5) is 28.9. The normalized spacial score (nSPS) is 10.6. The van der Waals surface area contributed by atoms with E-state index >= 15 is 0 Å². The number of rotatable bonds is 6. The van der Waals surface area contributed by atoms with Gasteiger partial charge in [-0.1, -0.05) is 29.3 Å². The van der Waals surface area contributed by atoms with Crippen molar-refractivity contribution in [3.63, 3.8) is 0 Å². The van der Waals surface area contributed by atoms with Crippen LogP contribution in [0.5, 0.6) is 0 Å². The Kier molecular flexibility index (Phi) is 6.79. The second-order valence-electron chi connectivity index (χ2n) is 5.90. The van der Waals surface area contributed by atoms with Gasteiger partial charge in [-0.2, -0.15) is 0 Å². The number of nitrogens with one attached hydrogen (secondary N) is 2. The Morgan fingerprint density at radius 2 is 1.90 bits per heavy atom. The highest BCUT2D eigenvalue weighted by Crippen LogP contribution is 2.26. The van der Waals surface area contributed by atoms with Gasteiger partial charge < -0.3 is 10.6 Å². The Hall–Kier alpha value is -2.55. The zero-order valence-electron chi connectivity index (χ0n) is 14.6. The van der Waals surface area contributed by atoms with Crippen molar-refractivity contribution in [2.75, 3.05) is 11.9 Å². The molecule has 0 aliphatic heterocycles. The molecule has 5 nitrogen and oxygen atoms in total. The summed E-state index contributed by atoms with van der Waals surface area (Å²) >= 11 is 13.3. The number of aromatic nitrogens is 1. The van der Waals surface area contributed by atoms with E-state index in [-0.39, 0.29) is 5.56 Å². The summed E-state index contributed by atoms with van der Waals surface area (Å²) in [5, 5.41) is 6.24. The number of amides is 2. The van der Waals surface area contributed by atoms with Crippen molar-refractivity contribution in [2.24, 2.45) is 0 Å². The van der Waals surface area contributed by atoms with Gasteiger partial charge in [0.2, 0.25) is 5.91 Å². The molecule has 0 atom stereocenters. The number of thiazole rings is 1. The minimum atomic E-state index is -1.01. The largest absolute Gasteiger partial charge is 0.343 e. The lowest BCUT2D eigenvalue weighted by molar-refractivity contribution is -0.115. The highest BCUT2D eigenvalue weighted by Gasteiger charge is 2.14. The highest BCUT2D eigenvalue weighted by molar-refractivity contribution is 7.15. The molecule has 0 saturated heterocycles. The van der Waals surface area contributed by atoms with Crippen molar-refractivity contribution in [3.8, 4) is 0 Å². The summed E-state index contributed by atoms with van der Waals surface area (Å²) in [6.45, 7) is -0.395. The average molecular weight is 456 g/mol. The van der Waals surface area contributed by atoms with Crippen LogP contribution in [0.25, 0.3) is 0 Å². The van der Waals surface area contributed by atoms with Crippen molar-refractivity contribution in [3.05, 3.63) is 80.3 Å². The Morgan fingerprint density at radius 3 is 2.62 bits per heavy atom. The number of hydrogen-bond donors (Lipinski definition) is 2. The van der Waals surface area contributed by atoms with Crippen molar-refractivity contribution in [1.82, 2.24) is 10.3 Å². The molecule has 0 radical (unpaired) electrons. The maximum absolute atomic E-state index is 13.6. The lowest BCUT2D eigenvalue weighted by Gasteiger charge is -2.06. The van der Waals surface area contributed by atoms with Gasteiger partial charge in [0.25, 0.3) is 5.91 Å². The van der Waals surface area contributed by atoms with Crippen molar-refractivity contribution in [2.45, 2.75) is 6.42 Å². The molecule has 2 aromatic carbocycles. The SMILES string of the molecule is O=C(CNC(=O)c1ccc(F)cc1F)Nc1ncc(Cc2ccc(Cl)cc2Cl)s1. The van der Waals surface area contributed by atoms with Crippen LogP contribution in [0.2, 0.25) is 10.0 Å². The number of anilines is 1. The lowest BCUT2D eigenvalue weighted by atomic mass is 10.1. The molecule has 0 bridgehead atoms. The topological polar surface area (TPSA) is 71.1 Å². The van der Waals surface area contributed by atoms with Gasteiger partial charge in [0, 0.05) is 33.6 Å². The molecule has 1 heterocycles. The molecular weight excluding hydrogens is 443 g/mol. The maximum atomic E-state index is 13.6. The van der Waals surface area contributed by atoms with Crippen LogP contribution in [0.4, 0.5) is 13.9 Å². The van der Waals surface area contributed by atoms with Crippen LogP contribution in [0.15, 0.2) is 42.6 Å². The van der Waals surface area contributed by atoms with Crippen molar-refractivity contribution in [1.29, 1.82) is 0 Å². The molecule has 3 aromatic rings. The summed E-state index contributed by atoms with van der Waals surface area (Å²) in [6, 6.07) is 7.76. The first kappa shape index (κ1) is 21.2. The summed E-state index contributed by atoms with van der Waals surface area (Å²) in [7, 11) is 0. The molecule has 29 heavy (non-hydrogen) atoms. The molecule has 2 amide bonds. The Bertz CT molecular complexity index is 1080. The van der Waals surface area contributed by atoms with Crippen LogP contribution in [0.1, 0.15) is 20.8 Å². The molecule has 0 unspecified atom stereocenters. The molecule has 3 rings (SSSR count). The summed E-state index contributed by atoms with van der Waals surface area (Å²) in [6.07, 6.45) is 2.13. The van der Waals surface area contributed by atoms with E-state index in [0.29, 0.717) is 27.7 Å². The third kappa shape index (κ3) is 5.72. The third-order valence-electron chi connectivity index (χ3n) is 3.76. The van der Waals surface area contributed by atoms with Crippen molar-refractivity contribution < 1.29 is 18.4 Å². The predicted molar refractivity (Wildman–Crippen MR) is 109 cm³/mol. The summed E-state index contributed by atoms with van der Waals surface area (Å²) in [5.41, 5.74) is 0.516. The molecule has 1 aromatic heterocycles. The van der Waals surface area contributed by atoms with Crippen LogP contribution in [-0.4, -0.2) is 23.3 Å². The standard InChI is InChI=1S/C19H13Cl2F2N3O2S/c20-11-2-1-10(15(21)6-11)5-13-8-25-19(29-13)26-17(27)9-24-18(28)14-4-3-12(22)7-16(14)23/h1-4,6-8H,5,9H2,(H,24,28)(H,25,26,27). The molecular formula is C19H13Cl2F2N3O2S. The summed E-state index contributed by atoms with van der Waals surface area (Å²) < 4.78 is 26.5. The fraction of sp³-hybridized carbons (Fsp3) is 0.105. The van der Waals surface area contributed by atoms with Crippen molar-refractivity contribution >= 4 is 51.5 Å². The molecule has 0 aliphatic rings. The van der Waals surface area contributed by atoms with E-state index in [9.17, 15) is 18.4 Å². The van der Waals surface area contributed by atoms with E-state index < -0.39 is 30.0 Å². The van der Waals surface area contributed by atoms with E-state index in [1.165, 1.54) is 11.3 Å². The monoisotopic (exact) mass is 455 g/mol. The van der Waals surface area contributed by atoms with Gasteiger partial charge in [-0.05, 0) is 29.8 Å². The number of nitrogens with zero attached hydrogens (tertiary/aromatic N) is 1. The second kappa shape index (κ2) is 9.30. The average Bonchev–Trinajstić information content (AvgIpc) is 3.09. The molecule has 0 fully saturated rings. The Morgan fingerprint density at radius 1 is 1.10 bits per heavy atom. The number of carbonyl (C=O) groups is 2. The fourth-order valence-corrected chi connectivity index (χ4v) is 3.72. The molecule has 0 aliphatic carbocycles. The van der Waals surface area contributed by atoms with Crippen LogP contribution in [0, 0.1) is 11.6 Å². The molecule has 2 N–H and O–H groups in total. The zero-order chi connectivity index (χ0) is 21.0. The fourth-order valence-electron chi connectivity index (χ4n) is 2.39. The minimum absolute atomic E-state index is 0.345. The van der Waals surface area contributed by atoms with Gasteiger partial charge in [0.05, 0.1) is 12.1 Å². The van der Waals surface area contributed by atoms with Gasteiger partial charge in [0.15, 0.2) is 5.13 Å². The third-order valence-corrected chi connectivity index (χ3v) is 5.26. The van der Waals surface area contributed by atoms with Gasteiger partial charge >= 0.3 is 0 Å². The number of benzene rings is 2. The summed E-state index contributed by atoms with van der Waals surface area (Å²) in [5.74, 6) is -3.16. The van der Waals surface area contributed by atoms with E-state index in [1.54, 1.807) is 18.3 Å². The molecule has 10 heteroatoms. The number of carbonyl (C=O) groups excluding carboxylic acids is 2. The first-order valence-corrected chi connectivity index (χ1v) is 9.81. The van der Waals surface area contributed by atoms with Gasteiger partial charge in [-0.3, -0.25) is 9.59 Å². The quantitative estimate of drug-likeness (QED) is 0.566. The Labute approximate surface area is 178 Å². The molecule has 150 valence electrons. The van der Waals surface area contributed by atoms with E-state index in [1.807, 2.05) is 6.07 Å². The van der Waals surface area contributed by atoms with E-state index in [2.05, 4.69) is 15.6 Å². The van der Waals surface area contributed by atoms with Crippen LogP contribution >= 0.6 is 34.5 Å². The van der Waals surface area contributed by atoms with Crippen LogP contribution < -0.4 is 10.6 Å². The van der Waals surface area contributed by atoms with E-state index in [4.69, 9.17) is 23.2 Å². The predicted octanol–water partition coefficient (Wildman–Crippen LogP) is 4.69. The van der Waals surface area contributed by atoms with Gasteiger partial charge in [-0.15, -0.1) is 11.3 Å². The van der Waals surface area contributed by atoms with E-state index in [0.717, 1.165) is 22.6 Å². The second-order valence-corrected chi connectivity index (χ2v) is 7.86. The van der Waals surface area contributed by atoms with Crippen LogP contribution in [-0.2, 0) is 11.2 Å². The minimum Gasteiger partial charge on any atom is -0.343 e. The molecule has 0 spiro atoms. The Balaban J connectivity index is 1.54. The highest BCUT2D eigenvalue weighted by atomic mass is 35.5.